The van der Waals surface area contributed by atoms with Crippen molar-refractivity contribution in [2.45, 2.75) is 32.2 Å². The van der Waals surface area contributed by atoms with Crippen LogP contribution in [0.3, 0.4) is 0 Å². The summed E-state index contributed by atoms with van der Waals surface area (Å²) >= 11 is 5.98. The molecule has 0 radical (unpaired) electrons. The van der Waals surface area contributed by atoms with Gasteiger partial charge in [0.2, 0.25) is 5.95 Å². The van der Waals surface area contributed by atoms with Crippen LogP contribution < -0.4 is 10.9 Å². The highest BCUT2D eigenvalue weighted by molar-refractivity contribution is 6.30. The van der Waals surface area contributed by atoms with Gasteiger partial charge in [-0.2, -0.15) is 9.50 Å². The van der Waals surface area contributed by atoms with Gasteiger partial charge in [0.25, 0.3) is 11.3 Å². The van der Waals surface area contributed by atoms with Gasteiger partial charge >= 0.3 is 0 Å². The lowest BCUT2D eigenvalue weighted by molar-refractivity contribution is 0.650. The number of nitrogens with one attached hydrogen (secondary N) is 2. The molecule has 1 aromatic carbocycles. The summed E-state index contributed by atoms with van der Waals surface area (Å²) in [5, 5.41) is 6.85. The number of fused-ring (bicyclic) bond motifs is 2. The Bertz CT molecular complexity index is 930. The SMILES string of the molecule is O=c1c2c(nc3nc(NCc4cccc(Cl)c4)[nH]n13)CCCC2. The molecule has 6 nitrogen and oxygen atoms in total. The van der Waals surface area contributed by atoms with E-state index in [1.807, 2.05) is 24.3 Å². The number of rotatable bonds is 3. The molecule has 1 aliphatic carbocycles. The van der Waals surface area contributed by atoms with Crippen molar-refractivity contribution in [3.8, 4) is 0 Å². The first kappa shape index (κ1) is 14.3. The highest BCUT2D eigenvalue weighted by Gasteiger charge is 2.18. The van der Waals surface area contributed by atoms with Gasteiger partial charge in [0.05, 0.1) is 5.69 Å². The first-order valence-electron chi connectivity index (χ1n) is 7.69. The number of aromatic nitrogens is 4. The van der Waals surface area contributed by atoms with Gasteiger partial charge in [-0.1, -0.05) is 23.7 Å². The first-order chi connectivity index (χ1) is 11.2. The number of aryl methyl sites for hydroxylation is 1. The lowest BCUT2D eigenvalue weighted by Gasteiger charge is -2.12. The Morgan fingerprint density at radius 1 is 1.26 bits per heavy atom. The fourth-order valence-corrected chi connectivity index (χ4v) is 3.17. The van der Waals surface area contributed by atoms with Crippen LogP contribution in [0.2, 0.25) is 5.02 Å². The van der Waals surface area contributed by atoms with E-state index in [9.17, 15) is 4.79 Å². The Balaban J connectivity index is 1.64. The molecule has 0 fully saturated rings. The van der Waals surface area contributed by atoms with Gasteiger partial charge in [-0.25, -0.2) is 4.98 Å². The van der Waals surface area contributed by atoms with E-state index in [0.717, 1.165) is 42.5 Å². The van der Waals surface area contributed by atoms with Crippen molar-refractivity contribution in [1.29, 1.82) is 0 Å². The fourth-order valence-electron chi connectivity index (χ4n) is 2.96. The Kier molecular flexibility index (Phi) is 3.53. The zero-order chi connectivity index (χ0) is 15.8. The van der Waals surface area contributed by atoms with Crippen molar-refractivity contribution in [2.75, 3.05) is 5.32 Å². The van der Waals surface area contributed by atoms with E-state index in [4.69, 9.17) is 11.6 Å². The molecule has 3 aromatic rings. The molecule has 0 unspecified atom stereocenters. The summed E-state index contributed by atoms with van der Waals surface area (Å²) in [6, 6.07) is 7.60. The summed E-state index contributed by atoms with van der Waals surface area (Å²) in [6.07, 6.45) is 3.79. The predicted octanol–water partition coefficient (Wildman–Crippen LogP) is 2.56. The molecule has 0 saturated carbocycles. The lowest BCUT2D eigenvalue weighted by atomic mass is 9.97. The molecule has 23 heavy (non-hydrogen) atoms. The number of nitrogens with zero attached hydrogens (tertiary/aromatic N) is 3. The molecule has 7 heteroatoms. The van der Waals surface area contributed by atoms with Crippen molar-refractivity contribution in [3.63, 3.8) is 0 Å². The number of benzene rings is 1. The second kappa shape index (κ2) is 5.70. The van der Waals surface area contributed by atoms with Gasteiger partial charge in [-0.15, -0.1) is 0 Å². The summed E-state index contributed by atoms with van der Waals surface area (Å²) in [5.41, 5.74) is 2.72. The van der Waals surface area contributed by atoms with Gasteiger partial charge in [-0.05, 0) is 43.4 Å². The van der Waals surface area contributed by atoms with Crippen LogP contribution in [0.15, 0.2) is 29.1 Å². The lowest BCUT2D eigenvalue weighted by Crippen LogP contribution is -2.25. The van der Waals surface area contributed by atoms with Crippen molar-refractivity contribution in [2.24, 2.45) is 0 Å². The molecule has 2 heterocycles. The molecule has 2 aromatic heterocycles. The summed E-state index contributed by atoms with van der Waals surface area (Å²) in [6.45, 7) is 0.564. The van der Waals surface area contributed by atoms with Crippen molar-refractivity contribution in [3.05, 3.63) is 56.5 Å². The number of H-pyrrole nitrogens is 1. The number of hydrogen-bond acceptors (Lipinski definition) is 4. The highest BCUT2D eigenvalue weighted by atomic mass is 35.5. The van der Waals surface area contributed by atoms with E-state index in [2.05, 4.69) is 20.4 Å². The minimum atomic E-state index is -0.0343. The second-order valence-corrected chi connectivity index (χ2v) is 6.18. The van der Waals surface area contributed by atoms with E-state index in [1.54, 1.807) is 0 Å². The van der Waals surface area contributed by atoms with Crippen LogP contribution in [-0.2, 0) is 19.4 Å². The van der Waals surface area contributed by atoms with Gasteiger partial charge in [0.15, 0.2) is 0 Å². The van der Waals surface area contributed by atoms with E-state index < -0.39 is 0 Å². The quantitative estimate of drug-likeness (QED) is 0.774. The molecular formula is C16H16ClN5O. The normalized spacial score (nSPS) is 14.0. The maximum atomic E-state index is 12.5. The van der Waals surface area contributed by atoms with E-state index in [0.29, 0.717) is 23.3 Å². The Morgan fingerprint density at radius 3 is 3.00 bits per heavy atom. The highest BCUT2D eigenvalue weighted by Crippen LogP contribution is 2.17. The minimum absolute atomic E-state index is 0.0343. The smallest absolute Gasteiger partial charge is 0.277 e. The molecule has 0 spiro atoms. The molecule has 4 rings (SSSR count). The summed E-state index contributed by atoms with van der Waals surface area (Å²) < 4.78 is 1.42. The van der Waals surface area contributed by atoms with Crippen LogP contribution in [0, 0.1) is 0 Å². The van der Waals surface area contributed by atoms with Crippen molar-refractivity contribution < 1.29 is 0 Å². The zero-order valence-corrected chi connectivity index (χ0v) is 13.2. The summed E-state index contributed by atoms with van der Waals surface area (Å²) in [7, 11) is 0. The molecule has 0 saturated heterocycles. The maximum Gasteiger partial charge on any atom is 0.277 e. The average Bonchev–Trinajstić information content (AvgIpc) is 2.97. The molecular weight excluding hydrogens is 314 g/mol. The van der Waals surface area contributed by atoms with E-state index in [-0.39, 0.29) is 5.56 Å². The number of aromatic amines is 1. The van der Waals surface area contributed by atoms with E-state index in [1.165, 1.54) is 4.52 Å². The second-order valence-electron chi connectivity index (χ2n) is 5.74. The standard InChI is InChI=1S/C16H16ClN5O/c17-11-5-3-4-10(8-11)9-18-15-20-16-19-13-7-2-1-6-12(13)14(23)22(16)21-15/h3-5,8H,1-2,6-7,9H2,(H2,18,19,20,21). The molecule has 2 N–H and O–H groups in total. The fraction of sp³-hybridized carbons (Fsp3) is 0.312. The van der Waals surface area contributed by atoms with Crippen molar-refractivity contribution >= 4 is 23.3 Å². The number of anilines is 1. The molecule has 0 amide bonds. The Labute approximate surface area is 137 Å². The number of hydrogen-bond donors (Lipinski definition) is 2. The Hall–Kier alpha value is -2.34. The molecule has 0 bridgehead atoms. The monoisotopic (exact) mass is 329 g/mol. The van der Waals surface area contributed by atoms with Gasteiger partial charge in [0, 0.05) is 17.1 Å². The van der Waals surface area contributed by atoms with Crippen LogP contribution in [0.5, 0.6) is 0 Å². The van der Waals surface area contributed by atoms with Gasteiger partial charge < -0.3 is 5.32 Å². The van der Waals surface area contributed by atoms with Crippen LogP contribution in [0.4, 0.5) is 5.95 Å². The summed E-state index contributed by atoms with van der Waals surface area (Å²) in [5.74, 6) is 0.946. The molecule has 0 aliphatic heterocycles. The van der Waals surface area contributed by atoms with Crippen LogP contribution in [-0.4, -0.2) is 19.6 Å². The third-order valence-corrected chi connectivity index (χ3v) is 4.35. The molecule has 0 atom stereocenters. The van der Waals surface area contributed by atoms with Crippen LogP contribution >= 0.6 is 11.6 Å². The largest absolute Gasteiger partial charge is 0.351 e. The zero-order valence-electron chi connectivity index (χ0n) is 12.5. The van der Waals surface area contributed by atoms with Gasteiger partial charge in [-0.3, -0.25) is 9.89 Å². The molecule has 1 aliphatic rings. The first-order valence-corrected chi connectivity index (χ1v) is 8.07. The molecule has 118 valence electrons. The van der Waals surface area contributed by atoms with Gasteiger partial charge in [0.1, 0.15) is 0 Å². The average molecular weight is 330 g/mol. The van der Waals surface area contributed by atoms with Crippen LogP contribution in [0.25, 0.3) is 5.78 Å². The predicted molar refractivity (Wildman–Crippen MR) is 89.0 cm³/mol. The van der Waals surface area contributed by atoms with Crippen LogP contribution in [0.1, 0.15) is 29.7 Å². The Morgan fingerprint density at radius 2 is 2.13 bits per heavy atom. The maximum absolute atomic E-state index is 12.5. The summed E-state index contributed by atoms with van der Waals surface area (Å²) in [4.78, 5) is 21.4. The third-order valence-electron chi connectivity index (χ3n) is 4.11. The minimum Gasteiger partial charge on any atom is -0.351 e. The van der Waals surface area contributed by atoms with Crippen molar-refractivity contribution in [1.82, 2.24) is 19.6 Å². The third kappa shape index (κ3) is 2.70. The van der Waals surface area contributed by atoms with E-state index >= 15 is 0 Å². The number of halogens is 1. The topological polar surface area (TPSA) is 75.1 Å².